The third-order valence-electron chi connectivity index (χ3n) is 20.8. The summed E-state index contributed by atoms with van der Waals surface area (Å²) in [6.07, 6.45) is 7.95. The highest BCUT2D eigenvalue weighted by Gasteiger charge is 2.39. The molecule has 0 atom stereocenters. The van der Waals surface area contributed by atoms with Crippen molar-refractivity contribution >= 4 is 54.8 Å². The molecule has 0 bridgehead atoms. The first kappa shape index (κ1) is 52.8. The van der Waals surface area contributed by atoms with Gasteiger partial charge in [-0.2, -0.15) is 0 Å². The standard InChI is InChI=1S/C90H78N4O2/c1-54-21-19-22-55(2)84(54)59-45-70(56-31-34-60(35-32-56)87(3,4)5)85-75(46-59)72-52-77-76(89(9,10)40-41-90(77,11)12)51-71(72)65-25-13-14-26-66(65)74-44-58(57-33-38-82-73(43-57)69-28-16-18-30-81(69)96-82)47-80-86(74)93(85)53-92(80)62-23-20-24-63(49-62)95-64-36-37-68-67-27-15-17-29-78(67)94(79(68)50-64)83-48-61(39-42-91-83)88(6,7)8/h13-39,42-52H,40-41H2,1-12H3/i1D3,2D3. The maximum absolute atomic E-state index is 9.13. The minimum absolute atomic E-state index is 0.0355. The Hall–Kier alpha value is -10.6. The van der Waals surface area contributed by atoms with Crippen LogP contribution in [0.1, 0.15) is 124 Å². The number of pyridine rings is 1. The van der Waals surface area contributed by atoms with Gasteiger partial charge in [-0.3, -0.25) is 13.7 Å². The fraction of sp³-hybridized carbons (Fsp3) is 0.200. The lowest BCUT2D eigenvalue weighted by atomic mass is 9.62. The molecule has 11 aromatic carbocycles. The van der Waals surface area contributed by atoms with Gasteiger partial charge in [-0.25, -0.2) is 4.98 Å². The molecule has 0 saturated carbocycles. The Morgan fingerprint density at radius 3 is 1.83 bits per heavy atom. The summed E-state index contributed by atoms with van der Waals surface area (Å²) in [4.78, 5) is 4.98. The van der Waals surface area contributed by atoms with Crippen LogP contribution in [-0.2, 0) is 21.7 Å². The normalized spacial score (nSPS) is 15.3. The molecule has 0 fully saturated rings. The van der Waals surface area contributed by atoms with Gasteiger partial charge in [0.1, 0.15) is 28.5 Å². The summed E-state index contributed by atoms with van der Waals surface area (Å²) >= 11 is 0. The van der Waals surface area contributed by atoms with E-state index in [-0.39, 0.29) is 38.4 Å². The number of nitrogens with zero attached hydrogens (tertiary/aromatic N) is 4. The van der Waals surface area contributed by atoms with Crippen molar-refractivity contribution in [3.63, 3.8) is 0 Å². The molecule has 0 spiro atoms. The van der Waals surface area contributed by atoms with Crippen molar-refractivity contribution in [2.45, 2.75) is 117 Å². The zero-order chi connectivity index (χ0) is 70.9. The average Bonchev–Trinajstić information content (AvgIpc) is 1.43. The van der Waals surface area contributed by atoms with Gasteiger partial charge < -0.3 is 9.15 Å². The van der Waals surface area contributed by atoms with Gasteiger partial charge in [0, 0.05) is 42.0 Å². The second kappa shape index (κ2) is 21.5. The van der Waals surface area contributed by atoms with Crippen molar-refractivity contribution in [2.24, 2.45) is 0 Å². The molecule has 1 aliphatic heterocycles. The molecular formula is C90H78N4O2. The number of aromatic nitrogens is 4. The molecule has 0 N–H and O–H groups in total. The van der Waals surface area contributed by atoms with Gasteiger partial charge in [0.2, 0.25) is 0 Å². The van der Waals surface area contributed by atoms with Crippen LogP contribution < -0.4 is 9.30 Å². The molecule has 1 aliphatic carbocycles. The van der Waals surface area contributed by atoms with Crippen LogP contribution >= 0.6 is 0 Å². The number of furan rings is 1. The Labute approximate surface area is 571 Å². The van der Waals surface area contributed by atoms with Crippen LogP contribution in [0.3, 0.4) is 0 Å². The van der Waals surface area contributed by atoms with Crippen molar-refractivity contribution in [2.75, 3.05) is 0 Å². The predicted molar refractivity (Wildman–Crippen MR) is 398 cm³/mol. The maximum atomic E-state index is 9.13. The number of para-hydroxylation sites is 2. The van der Waals surface area contributed by atoms with Crippen LogP contribution in [0.25, 0.3) is 139 Å². The lowest BCUT2D eigenvalue weighted by Gasteiger charge is -2.42. The van der Waals surface area contributed by atoms with E-state index < -0.39 is 13.7 Å². The van der Waals surface area contributed by atoms with E-state index in [4.69, 9.17) is 22.4 Å². The van der Waals surface area contributed by atoms with Crippen molar-refractivity contribution < 1.29 is 21.9 Å². The van der Waals surface area contributed by atoms with Crippen LogP contribution in [0.4, 0.5) is 0 Å². The Balaban J connectivity index is 0.986. The first-order valence-corrected chi connectivity index (χ1v) is 33.5. The first-order chi connectivity index (χ1) is 48.6. The van der Waals surface area contributed by atoms with Crippen LogP contribution in [0.15, 0.2) is 235 Å². The molecule has 2 aliphatic rings. The third kappa shape index (κ3) is 9.57. The largest absolute Gasteiger partial charge is 0.458 e. The van der Waals surface area contributed by atoms with Gasteiger partial charge in [-0.1, -0.05) is 197 Å². The van der Waals surface area contributed by atoms with Crippen LogP contribution in [0, 0.1) is 20.0 Å². The van der Waals surface area contributed by atoms with E-state index in [1.807, 2.05) is 42.6 Å². The van der Waals surface area contributed by atoms with Gasteiger partial charge in [0.25, 0.3) is 6.33 Å². The van der Waals surface area contributed by atoms with Gasteiger partial charge in [0.15, 0.2) is 0 Å². The lowest BCUT2D eigenvalue weighted by Crippen LogP contribution is -2.34. The van der Waals surface area contributed by atoms with Crippen molar-refractivity contribution in [1.29, 1.82) is 0 Å². The van der Waals surface area contributed by atoms with Crippen molar-refractivity contribution in [1.82, 2.24) is 14.1 Å². The zero-order valence-corrected chi connectivity index (χ0v) is 56.0. The highest BCUT2D eigenvalue weighted by atomic mass is 16.5. The summed E-state index contributed by atoms with van der Waals surface area (Å²) < 4.78 is 75.0. The van der Waals surface area contributed by atoms with Crippen LogP contribution in [0.5, 0.6) is 11.5 Å². The van der Waals surface area contributed by atoms with Crippen LogP contribution in [0.2, 0.25) is 0 Å². The SMILES string of the molecule is [2H]C([2H])([2H])c1cccc(C([2H])([2H])[2H])c1-c1cc(-c2ccc(C(C)(C)C)cc2)c2c(c1)-c1cc3c(cc1-c1ccccc1-c1cc(-c4ccc5oc6ccccc6c5c4)cc4c1[n+]-2[c-]n4-c1cccc(Oc2ccc4c5ccccc5n(-c5cc(C(C)(C)C)ccn5)c4c2)c1)C(C)(C)CCC3(C)C. The molecule has 6 heteroatoms. The fourth-order valence-electron chi connectivity index (χ4n) is 15.4. The number of hydrogen-bond donors (Lipinski definition) is 0. The second-order valence-corrected chi connectivity index (χ2v) is 30.0. The maximum Gasteiger partial charge on any atom is 0.269 e. The molecule has 0 amide bonds. The monoisotopic (exact) mass is 1250 g/mol. The Bertz CT molecular complexity index is 5950. The number of rotatable bonds is 7. The smallest absolute Gasteiger partial charge is 0.269 e. The third-order valence-corrected chi connectivity index (χ3v) is 20.8. The molecule has 17 rings (SSSR count). The number of benzene rings is 11. The van der Waals surface area contributed by atoms with Gasteiger partial charge >= 0.3 is 0 Å². The summed E-state index contributed by atoms with van der Waals surface area (Å²) in [5.41, 5.74) is 20.8. The average molecular weight is 1250 g/mol. The Kier molecular flexibility index (Phi) is 11.8. The molecule has 4 aromatic heterocycles. The molecule has 0 radical (unpaired) electrons. The Morgan fingerprint density at radius 1 is 0.469 bits per heavy atom. The molecular weight excluding hydrogens is 1170 g/mol. The van der Waals surface area contributed by atoms with E-state index in [9.17, 15) is 0 Å². The molecule has 5 heterocycles. The van der Waals surface area contributed by atoms with Crippen molar-refractivity contribution in [3.05, 3.63) is 270 Å². The number of imidazole rings is 1. The van der Waals surface area contributed by atoms with E-state index in [0.717, 1.165) is 146 Å². The van der Waals surface area contributed by atoms with Gasteiger partial charge in [-0.15, -0.1) is 0 Å². The zero-order valence-electron chi connectivity index (χ0n) is 62.0. The molecule has 6 nitrogen and oxygen atoms in total. The quantitative estimate of drug-likeness (QED) is 0.118. The van der Waals surface area contributed by atoms with E-state index in [1.54, 1.807) is 18.2 Å². The number of aryl methyl sites for hydroxylation is 2. The summed E-state index contributed by atoms with van der Waals surface area (Å²) in [6, 6.07) is 77.6. The van der Waals surface area contributed by atoms with Crippen molar-refractivity contribution in [3.8, 4) is 95.5 Å². The van der Waals surface area contributed by atoms with Gasteiger partial charge in [-0.05, 0) is 239 Å². The summed E-state index contributed by atoms with van der Waals surface area (Å²) in [5.74, 6) is 2.09. The minimum Gasteiger partial charge on any atom is -0.458 e. The first-order valence-electron chi connectivity index (χ1n) is 36.5. The molecule has 0 saturated heterocycles. The number of hydrogen-bond acceptors (Lipinski definition) is 3. The highest BCUT2D eigenvalue weighted by molar-refractivity contribution is 6.11. The van der Waals surface area contributed by atoms with Crippen LogP contribution in [-0.4, -0.2) is 14.1 Å². The summed E-state index contributed by atoms with van der Waals surface area (Å²) in [5, 5.41) is 4.24. The molecule has 0 unspecified atom stereocenters. The van der Waals surface area contributed by atoms with E-state index in [2.05, 4.69) is 259 Å². The molecule has 96 heavy (non-hydrogen) atoms. The summed E-state index contributed by atoms with van der Waals surface area (Å²) in [6.45, 7) is 17.3. The van der Waals surface area contributed by atoms with E-state index in [1.165, 1.54) is 16.7 Å². The topological polar surface area (TPSA) is 49.0 Å². The highest BCUT2D eigenvalue weighted by Crippen LogP contribution is 2.54. The number of fused-ring (bicyclic) bond motifs is 14. The number of ether oxygens (including phenoxy) is 1. The second-order valence-electron chi connectivity index (χ2n) is 30.0. The lowest BCUT2D eigenvalue weighted by molar-refractivity contribution is -0.570. The Morgan fingerprint density at radius 2 is 1.09 bits per heavy atom. The van der Waals surface area contributed by atoms with E-state index in [0.29, 0.717) is 17.1 Å². The molecule has 470 valence electrons. The summed E-state index contributed by atoms with van der Waals surface area (Å²) in [7, 11) is 0. The fourth-order valence-corrected chi connectivity index (χ4v) is 15.4. The molecule has 15 aromatic rings. The minimum atomic E-state index is -2.68. The predicted octanol–water partition coefficient (Wildman–Crippen LogP) is 23.8. The van der Waals surface area contributed by atoms with Gasteiger partial charge in [0.05, 0.1) is 33.4 Å². The van der Waals surface area contributed by atoms with E-state index >= 15 is 0 Å².